The number of anilines is 2. The summed E-state index contributed by atoms with van der Waals surface area (Å²) in [6.45, 7) is 0. The molecule has 3 rings (SSSR count). The number of rotatable bonds is 6. The minimum Gasteiger partial charge on any atom is -0.398 e. The van der Waals surface area contributed by atoms with E-state index in [1.165, 1.54) is 12.1 Å². The zero-order valence-corrected chi connectivity index (χ0v) is 17.1. The van der Waals surface area contributed by atoms with Crippen LogP contribution in [0.3, 0.4) is 0 Å². The van der Waals surface area contributed by atoms with E-state index in [1.807, 2.05) is 0 Å². The maximum Gasteiger partial charge on any atom is 0.266 e. The van der Waals surface area contributed by atoms with Crippen LogP contribution in [0.5, 0.6) is 0 Å². The summed E-state index contributed by atoms with van der Waals surface area (Å²) >= 11 is 0. The second-order valence-electron chi connectivity index (χ2n) is 7.37. The number of sulfonamides is 1. The van der Waals surface area contributed by atoms with Crippen LogP contribution < -0.4 is 15.8 Å². The SMILES string of the molecule is Nc1ccc(C(=O)Nc2ccc(F)c(C(F)F)c2)cc1S(=O)(=O)NC1CCC(O)CC1. The molecule has 168 valence electrons. The third-order valence-electron chi connectivity index (χ3n) is 5.07. The van der Waals surface area contributed by atoms with Crippen molar-refractivity contribution in [3.05, 3.63) is 53.3 Å². The van der Waals surface area contributed by atoms with Crippen LogP contribution in [0.15, 0.2) is 41.3 Å². The van der Waals surface area contributed by atoms with Crippen molar-refractivity contribution in [3.63, 3.8) is 0 Å². The van der Waals surface area contributed by atoms with Gasteiger partial charge in [0.1, 0.15) is 10.7 Å². The van der Waals surface area contributed by atoms with Crippen LogP contribution in [0, 0.1) is 5.82 Å². The number of aliphatic hydroxyl groups is 1. The number of nitrogens with one attached hydrogen (secondary N) is 2. The summed E-state index contributed by atoms with van der Waals surface area (Å²) in [5.41, 5.74) is 4.74. The Kier molecular flexibility index (Phi) is 6.87. The summed E-state index contributed by atoms with van der Waals surface area (Å²) < 4.78 is 67.2. The Labute approximate surface area is 177 Å². The van der Waals surface area contributed by atoms with E-state index in [-0.39, 0.29) is 27.9 Å². The van der Waals surface area contributed by atoms with Crippen LogP contribution in [-0.4, -0.2) is 31.6 Å². The Balaban J connectivity index is 1.80. The Bertz CT molecular complexity index is 1070. The fraction of sp³-hybridized carbons (Fsp3) is 0.350. The third kappa shape index (κ3) is 5.54. The molecule has 11 heteroatoms. The highest BCUT2D eigenvalue weighted by molar-refractivity contribution is 7.89. The Morgan fingerprint density at radius 2 is 1.77 bits per heavy atom. The van der Waals surface area contributed by atoms with Gasteiger partial charge < -0.3 is 16.2 Å². The van der Waals surface area contributed by atoms with Crippen LogP contribution in [0.25, 0.3) is 0 Å². The van der Waals surface area contributed by atoms with E-state index in [4.69, 9.17) is 5.73 Å². The third-order valence-corrected chi connectivity index (χ3v) is 6.65. The van der Waals surface area contributed by atoms with Crippen molar-refractivity contribution in [1.29, 1.82) is 0 Å². The quantitative estimate of drug-likeness (QED) is 0.497. The van der Waals surface area contributed by atoms with Crippen molar-refractivity contribution in [3.8, 4) is 0 Å². The van der Waals surface area contributed by atoms with Crippen molar-refractivity contribution >= 4 is 27.3 Å². The molecule has 0 bridgehead atoms. The number of nitrogens with two attached hydrogens (primary N) is 1. The van der Waals surface area contributed by atoms with E-state index >= 15 is 0 Å². The lowest BCUT2D eigenvalue weighted by Gasteiger charge is -2.26. The zero-order chi connectivity index (χ0) is 22.8. The van der Waals surface area contributed by atoms with Gasteiger partial charge in [0, 0.05) is 17.3 Å². The first kappa shape index (κ1) is 23.0. The molecule has 2 aromatic rings. The first-order chi connectivity index (χ1) is 14.6. The summed E-state index contributed by atoms with van der Waals surface area (Å²) in [6.07, 6.45) is -1.62. The second-order valence-corrected chi connectivity index (χ2v) is 9.05. The van der Waals surface area contributed by atoms with Gasteiger partial charge in [-0.1, -0.05) is 0 Å². The van der Waals surface area contributed by atoms with Gasteiger partial charge in [0.2, 0.25) is 10.0 Å². The van der Waals surface area contributed by atoms with Gasteiger partial charge in [-0.05, 0) is 62.1 Å². The summed E-state index contributed by atoms with van der Waals surface area (Å²) in [5.74, 6) is -1.88. The maximum absolute atomic E-state index is 13.4. The Hall–Kier alpha value is -2.63. The van der Waals surface area contributed by atoms with E-state index in [0.717, 1.165) is 24.3 Å². The van der Waals surface area contributed by atoms with Gasteiger partial charge in [-0.15, -0.1) is 0 Å². The molecular weight excluding hydrogens is 435 g/mol. The lowest BCUT2D eigenvalue weighted by molar-refractivity contribution is 0.102. The standard InChI is InChI=1S/C20H22F3N3O4S/c21-16-7-4-13(10-15(16)19(22)23)25-20(28)11-1-8-17(24)18(9-11)31(29,30)26-12-2-5-14(27)6-3-12/h1,4,7-10,12,14,19,26-27H,2-3,5-6,24H2,(H,25,28). The Morgan fingerprint density at radius 3 is 2.42 bits per heavy atom. The maximum atomic E-state index is 13.4. The lowest BCUT2D eigenvalue weighted by atomic mass is 9.94. The number of carbonyl (C=O) groups excluding carboxylic acids is 1. The van der Waals surface area contributed by atoms with Crippen molar-refractivity contribution in [2.75, 3.05) is 11.1 Å². The second kappa shape index (κ2) is 9.25. The molecule has 0 saturated heterocycles. The average molecular weight is 457 g/mol. The first-order valence-electron chi connectivity index (χ1n) is 9.55. The van der Waals surface area contributed by atoms with Gasteiger partial charge in [-0.25, -0.2) is 26.3 Å². The molecule has 1 amide bonds. The fourth-order valence-electron chi connectivity index (χ4n) is 3.38. The van der Waals surface area contributed by atoms with Crippen LogP contribution in [-0.2, 0) is 10.0 Å². The normalized spacial score (nSPS) is 19.4. The van der Waals surface area contributed by atoms with Gasteiger partial charge in [-0.2, -0.15) is 0 Å². The van der Waals surface area contributed by atoms with Crippen LogP contribution in [0.2, 0.25) is 0 Å². The van der Waals surface area contributed by atoms with Crippen LogP contribution >= 0.6 is 0 Å². The number of amides is 1. The minimum absolute atomic E-state index is 0.0678. The number of hydrogen-bond acceptors (Lipinski definition) is 5. The number of alkyl halides is 2. The van der Waals surface area contributed by atoms with E-state index in [2.05, 4.69) is 10.0 Å². The zero-order valence-electron chi connectivity index (χ0n) is 16.3. The van der Waals surface area contributed by atoms with E-state index in [1.54, 1.807) is 0 Å². The predicted molar refractivity (Wildman–Crippen MR) is 109 cm³/mol. The van der Waals surface area contributed by atoms with E-state index in [0.29, 0.717) is 25.7 Å². The van der Waals surface area contributed by atoms with Crippen molar-refractivity contribution in [2.45, 2.75) is 49.2 Å². The molecule has 1 fully saturated rings. The van der Waals surface area contributed by atoms with Crippen molar-refractivity contribution in [2.24, 2.45) is 0 Å². The molecule has 0 heterocycles. The van der Waals surface area contributed by atoms with Gasteiger partial charge in [0.15, 0.2) is 0 Å². The topological polar surface area (TPSA) is 122 Å². The summed E-state index contributed by atoms with van der Waals surface area (Å²) in [5, 5.41) is 11.9. The molecule has 0 unspecified atom stereocenters. The summed E-state index contributed by atoms with van der Waals surface area (Å²) in [7, 11) is -4.05. The van der Waals surface area contributed by atoms with E-state index in [9.17, 15) is 31.5 Å². The molecule has 1 aliphatic carbocycles. The first-order valence-corrected chi connectivity index (χ1v) is 11.0. The lowest BCUT2D eigenvalue weighted by Crippen LogP contribution is -2.38. The highest BCUT2D eigenvalue weighted by Gasteiger charge is 2.27. The van der Waals surface area contributed by atoms with Crippen LogP contribution in [0.1, 0.15) is 48.0 Å². The Morgan fingerprint density at radius 1 is 1.10 bits per heavy atom. The summed E-state index contributed by atoms with van der Waals surface area (Å²) in [4.78, 5) is 12.2. The molecule has 0 atom stereocenters. The average Bonchev–Trinajstić information content (AvgIpc) is 2.71. The van der Waals surface area contributed by atoms with Gasteiger partial charge in [0.05, 0.1) is 17.4 Å². The summed E-state index contributed by atoms with van der Waals surface area (Å²) in [6, 6.07) is 6.00. The molecule has 0 radical (unpaired) electrons. The van der Waals surface area contributed by atoms with Crippen molar-refractivity contribution in [1.82, 2.24) is 4.72 Å². The number of hydrogen-bond donors (Lipinski definition) is 4. The number of benzene rings is 2. The molecule has 0 spiro atoms. The molecule has 31 heavy (non-hydrogen) atoms. The number of halogens is 3. The van der Waals surface area contributed by atoms with Gasteiger partial charge in [-0.3, -0.25) is 4.79 Å². The molecule has 1 saturated carbocycles. The monoisotopic (exact) mass is 457 g/mol. The molecule has 0 aliphatic heterocycles. The minimum atomic E-state index is -4.05. The highest BCUT2D eigenvalue weighted by Crippen LogP contribution is 2.27. The number of carbonyl (C=O) groups is 1. The fourth-order valence-corrected chi connectivity index (χ4v) is 4.84. The molecule has 5 N–H and O–H groups in total. The smallest absolute Gasteiger partial charge is 0.266 e. The van der Waals surface area contributed by atoms with Crippen LogP contribution in [0.4, 0.5) is 24.5 Å². The van der Waals surface area contributed by atoms with Gasteiger partial charge in [0.25, 0.3) is 12.3 Å². The largest absolute Gasteiger partial charge is 0.398 e. The number of aliphatic hydroxyl groups excluding tert-OH is 1. The molecular formula is C20H22F3N3O4S. The highest BCUT2D eigenvalue weighted by atomic mass is 32.2. The van der Waals surface area contributed by atoms with Crippen molar-refractivity contribution < 1.29 is 31.5 Å². The molecule has 0 aromatic heterocycles. The molecule has 7 nitrogen and oxygen atoms in total. The molecule has 2 aromatic carbocycles. The van der Waals surface area contributed by atoms with Gasteiger partial charge >= 0.3 is 0 Å². The molecule has 1 aliphatic rings. The predicted octanol–water partition coefficient (Wildman–Crippen LogP) is 3.18. The van der Waals surface area contributed by atoms with E-state index < -0.39 is 39.8 Å². The number of nitrogen functional groups attached to an aromatic ring is 1.